The van der Waals surface area contributed by atoms with Crippen LogP contribution in [-0.2, 0) is 23.1 Å². The van der Waals surface area contributed by atoms with Gasteiger partial charge in [-0.2, -0.15) is 0 Å². The summed E-state index contributed by atoms with van der Waals surface area (Å²) < 4.78 is 56.0. The Balaban J connectivity index is 1.56. The van der Waals surface area contributed by atoms with Gasteiger partial charge in [0, 0.05) is 17.7 Å². The molecule has 0 bridgehead atoms. The van der Waals surface area contributed by atoms with Crippen molar-refractivity contribution in [2.45, 2.75) is 20.0 Å². The number of nitrogens with one attached hydrogen (secondary N) is 1. The molecular weight excluding hydrogens is 475 g/mol. The van der Waals surface area contributed by atoms with E-state index in [1.165, 1.54) is 24.3 Å². The topological polar surface area (TPSA) is 94.2 Å². The van der Waals surface area contributed by atoms with Gasteiger partial charge in [-0.15, -0.1) is 0 Å². The quantitative estimate of drug-likeness (QED) is 0.480. The molecule has 1 N–H and O–H groups in total. The molecule has 8 nitrogen and oxygen atoms in total. The lowest BCUT2D eigenvalue weighted by Gasteiger charge is -2.24. The lowest BCUT2D eigenvalue weighted by atomic mass is 10.1. The lowest BCUT2D eigenvalue weighted by Crippen LogP contribution is -2.30. The fourth-order valence-electron chi connectivity index (χ4n) is 3.64. The number of hydrogen-bond donors (Lipinski definition) is 1. The van der Waals surface area contributed by atoms with Crippen LogP contribution in [0, 0.1) is 5.82 Å². The number of fused-ring (bicyclic) bond motifs is 1. The molecule has 0 spiro atoms. The van der Waals surface area contributed by atoms with Crippen molar-refractivity contribution in [1.29, 1.82) is 0 Å². The summed E-state index contributed by atoms with van der Waals surface area (Å²) in [5.74, 6) is 0.933. The smallest absolute Gasteiger partial charge is 0.251 e. The van der Waals surface area contributed by atoms with Gasteiger partial charge in [-0.25, -0.2) is 12.8 Å². The lowest BCUT2D eigenvalue weighted by molar-refractivity contribution is 0.0950. The molecule has 3 aromatic carbocycles. The Bertz CT molecular complexity index is 1330. The van der Waals surface area contributed by atoms with Crippen molar-refractivity contribution >= 4 is 21.6 Å². The number of amides is 1. The summed E-state index contributed by atoms with van der Waals surface area (Å²) in [6.07, 6.45) is 1.07. The van der Waals surface area contributed by atoms with E-state index in [1.54, 1.807) is 30.3 Å². The standard InChI is InChI=1S/C25H25FN2O6S/c1-3-32-22-11-5-18(25(29)27-14-17-4-10-23-24(12-17)34-16-33-23)13-19(22)15-28(35(2,30)31)21-8-6-20(26)7-9-21/h4-13H,3,14-16H2,1-2H3,(H,27,29). The summed E-state index contributed by atoms with van der Waals surface area (Å²) in [6.45, 7) is 2.51. The Kier molecular flexibility index (Phi) is 7.11. The van der Waals surface area contributed by atoms with Gasteiger partial charge in [0.25, 0.3) is 5.91 Å². The van der Waals surface area contributed by atoms with E-state index in [2.05, 4.69) is 5.32 Å². The first kappa shape index (κ1) is 24.3. The highest BCUT2D eigenvalue weighted by molar-refractivity contribution is 7.92. The Morgan fingerprint density at radius 2 is 1.80 bits per heavy atom. The molecule has 1 amide bonds. The van der Waals surface area contributed by atoms with Crippen LogP contribution in [0.25, 0.3) is 0 Å². The van der Waals surface area contributed by atoms with E-state index < -0.39 is 15.8 Å². The molecule has 184 valence electrons. The van der Waals surface area contributed by atoms with Crippen molar-refractivity contribution in [1.82, 2.24) is 5.32 Å². The van der Waals surface area contributed by atoms with Crippen LogP contribution in [0.2, 0.25) is 0 Å². The predicted molar refractivity (Wildman–Crippen MR) is 129 cm³/mol. The summed E-state index contributed by atoms with van der Waals surface area (Å²) in [5.41, 5.74) is 1.98. The number of nitrogens with zero attached hydrogens (tertiary/aromatic N) is 1. The maximum absolute atomic E-state index is 13.4. The van der Waals surface area contributed by atoms with Crippen LogP contribution in [0.3, 0.4) is 0 Å². The second-order valence-corrected chi connectivity index (χ2v) is 9.78. The predicted octanol–water partition coefficient (Wildman–Crippen LogP) is 3.85. The fraction of sp³-hybridized carbons (Fsp3) is 0.240. The Morgan fingerprint density at radius 3 is 2.51 bits per heavy atom. The molecule has 1 heterocycles. The van der Waals surface area contributed by atoms with E-state index in [4.69, 9.17) is 14.2 Å². The van der Waals surface area contributed by atoms with E-state index in [1.807, 2.05) is 13.0 Å². The maximum atomic E-state index is 13.4. The summed E-state index contributed by atoms with van der Waals surface area (Å²) in [6, 6.07) is 15.4. The van der Waals surface area contributed by atoms with Crippen LogP contribution < -0.4 is 23.8 Å². The van der Waals surface area contributed by atoms with Crippen LogP contribution in [0.4, 0.5) is 10.1 Å². The Hall–Kier alpha value is -3.79. The first-order valence-electron chi connectivity index (χ1n) is 10.9. The minimum absolute atomic E-state index is 0.0942. The molecule has 0 aromatic heterocycles. The molecule has 0 radical (unpaired) electrons. The maximum Gasteiger partial charge on any atom is 0.251 e. The average molecular weight is 501 g/mol. The second-order valence-electron chi connectivity index (χ2n) is 7.87. The first-order valence-corrected chi connectivity index (χ1v) is 12.7. The molecule has 1 aliphatic rings. The van der Waals surface area contributed by atoms with E-state index in [0.29, 0.717) is 40.7 Å². The molecule has 35 heavy (non-hydrogen) atoms. The number of carbonyl (C=O) groups is 1. The third-order valence-electron chi connectivity index (χ3n) is 5.34. The van der Waals surface area contributed by atoms with Crippen LogP contribution in [0.15, 0.2) is 60.7 Å². The molecule has 0 unspecified atom stereocenters. The van der Waals surface area contributed by atoms with Gasteiger partial charge >= 0.3 is 0 Å². The first-order chi connectivity index (χ1) is 16.7. The van der Waals surface area contributed by atoms with E-state index in [-0.39, 0.29) is 25.8 Å². The number of ether oxygens (including phenoxy) is 3. The van der Waals surface area contributed by atoms with E-state index in [9.17, 15) is 17.6 Å². The van der Waals surface area contributed by atoms with Crippen LogP contribution in [0.5, 0.6) is 17.2 Å². The van der Waals surface area contributed by atoms with E-state index in [0.717, 1.165) is 16.1 Å². The van der Waals surface area contributed by atoms with Gasteiger partial charge in [-0.1, -0.05) is 6.07 Å². The van der Waals surface area contributed by atoms with Crippen molar-refractivity contribution in [3.8, 4) is 17.2 Å². The molecule has 1 aliphatic heterocycles. The number of halogens is 1. The monoisotopic (exact) mass is 500 g/mol. The van der Waals surface area contributed by atoms with Crippen LogP contribution in [0.1, 0.15) is 28.4 Å². The van der Waals surface area contributed by atoms with Crippen molar-refractivity contribution in [3.05, 3.63) is 83.2 Å². The third kappa shape index (κ3) is 5.83. The van der Waals surface area contributed by atoms with E-state index >= 15 is 0 Å². The molecule has 0 fully saturated rings. The number of benzene rings is 3. The van der Waals surface area contributed by atoms with Crippen LogP contribution in [-0.4, -0.2) is 34.0 Å². The SMILES string of the molecule is CCOc1ccc(C(=O)NCc2ccc3c(c2)OCO3)cc1CN(c1ccc(F)cc1)S(C)(=O)=O. The van der Waals surface area contributed by atoms with Gasteiger partial charge in [-0.3, -0.25) is 9.10 Å². The van der Waals surface area contributed by atoms with Gasteiger partial charge in [0.05, 0.1) is 25.1 Å². The Morgan fingerprint density at radius 1 is 1.06 bits per heavy atom. The van der Waals surface area contributed by atoms with Gasteiger partial charge < -0.3 is 19.5 Å². The zero-order valence-electron chi connectivity index (χ0n) is 19.3. The molecule has 0 atom stereocenters. The zero-order valence-corrected chi connectivity index (χ0v) is 20.1. The summed E-state index contributed by atoms with van der Waals surface area (Å²) in [7, 11) is -3.71. The molecule has 4 rings (SSSR count). The van der Waals surface area contributed by atoms with Gasteiger partial charge in [0.1, 0.15) is 11.6 Å². The average Bonchev–Trinajstić information content (AvgIpc) is 3.30. The molecule has 10 heteroatoms. The molecule has 0 aliphatic carbocycles. The van der Waals surface area contributed by atoms with Crippen molar-refractivity contribution in [2.75, 3.05) is 24.0 Å². The summed E-state index contributed by atoms with van der Waals surface area (Å²) >= 11 is 0. The van der Waals surface area contributed by atoms with Crippen LogP contribution >= 0.6 is 0 Å². The molecule has 0 saturated carbocycles. The highest BCUT2D eigenvalue weighted by Gasteiger charge is 2.21. The normalized spacial score (nSPS) is 12.3. The highest BCUT2D eigenvalue weighted by Crippen LogP contribution is 2.32. The Labute approximate surface area is 203 Å². The minimum atomic E-state index is -3.71. The number of hydrogen-bond acceptors (Lipinski definition) is 6. The second kappa shape index (κ2) is 10.2. The van der Waals surface area contributed by atoms with Crippen molar-refractivity contribution < 1.29 is 31.8 Å². The fourth-order valence-corrected chi connectivity index (χ4v) is 4.52. The molecular formula is C25H25FN2O6S. The number of rotatable bonds is 9. The summed E-state index contributed by atoms with van der Waals surface area (Å²) in [4.78, 5) is 12.9. The van der Waals surface area contributed by atoms with Gasteiger partial charge in [0.15, 0.2) is 11.5 Å². The van der Waals surface area contributed by atoms with Crippen molar-refractivity contribution in [3.63, 3.8) is 0 Å². The number of anilines is 1. The summed E-state index contributed by atoms with van der Waals surface area (Å²) in [5, 5.41) is 2.86. The number of sulfonamides is 1. The zero-order chi connectivity index (χ0) is 25.0. The molecule has 3 aromatic rings. The van der Waals surface area contributed by atoms with Crippen molar-refractivity contribution in [2.24, 2.45) is 0 Å². The largest absolute Gasteiger partial charge is 0.494 e. The molecule has 0 saturated heterocycles. The van der Waals surface area contributed by atoms with Gasteiger partial charge in [-0.05, 0) is 67.1 Å². The highest BCUT2D eigenvalue weighted by atomic mass is 32.2. The minimum Gasteiger partial charge on any atom is -0.494 e. The van der Waals surface area contributed by atoms with Gasteiger partial charge in [0.2, 0.25) is 16.8 Å². The third-order valence-corrected chi connectivity index (χ3v) is 6.48. The number of carbonyl (C=O) groups excluding carboxylic acids is 1.